The number of para-hydroxylation sites is 1. The highest BCUT2D eigenvalue weighted by molar-refractivity contribution is 5.96. The Kier molecular flexibility index (Phi) is 4.92. The van der Waals surface area contributed by atoms with Gasteiger partial charge in [-0.2, -0.15) is 0 Å². The predicted molar refractivity (Wildman–Crippen MR) is 53.4 cm³/mol. The highest BCUT2D eigenvalue weighted by atomic mass is 35.5. The zero-order valence-corrected chi connectivity index (χ0v) is 8.10. The van der Waals surface area contributed by atoms with Crippen LogP contribution in [0.2, 0.25) is 0 Å². The second-order valence-corrected chi connectivity index (χ2v) is 2.38. The largest absolute Gasteiger partial charge is 0.507 e. The van der Waals surface area contributed by atoms with Crippen molar-refractivity contribution in [3.63, 3.8) is 0 Å². The van der Waals surface area contributed by atoms with E-state index in [2.05, 4.69) is 5.32 Å². The van der Waals surface area contributed by atoms with Gasteiger partial charge in [-0.25, -0.2) is 0 Å². The summed E-state index contributed by atoms with van der Waals surface area (Å²) in [7, 11) is 0. The first-order valence-corrected chi connectivity index (χ1v) is 3.82. The van der Waals surface area contributed by atoms with Crippen LogP contribution in [0.1, 0.15) is 17.3 Å². The lowest BCUT2D eigenvalue weighted by molar-refractivity contribution is 0.0953. The number of rotatable bonds is 2. The van der Waals surface area contributed by atoms with E-state index in [4.69, 9.17) is 0 Å². The Hall–Kier alpha value is -1.22. The normalized spacial score (nSPS) is 8.69. The van der Waals surface area contributed by atoms with Crippen molar-refractivity contribution in [2.24, 2.45) is 0 Å². The van der Waals surface area contributed by atoms with Crippen molar-refractivity contribution in [1.29, 1.82) is 0 Å². The fourth-order valence-electron chi connectivity index (χ4n) is 0.921. The molecule has 0 atom stereocenters. The van der Waals surface area contributed by atoms with Gasteiger partial charge in [0, 0.05) is 6.54 Å². The van der Waals surface area contributed by atoms with Gasteiger partial charge in [-0.15, -0.1) is 12.4 Å². The monoisotopic (exact) mass is 201 g/mol. The number of hydrogen-bond donors (Lipinski definition) is 2. The van der Waals surface area contributed by atoms with Gasteiger partial charge in [0.05, 0.1) is 5.56 Å². The molecule has 0 saturated heterocycles. The Morgan fingerprint density at radius 3 is 2.62 bits per heavy atom. The van der Waals surface area contributed by atoms with Crippen LogP contribution in [0, 0.1) is 0 Å². The maximum atomic E-state index is 11.2. The molecule has 0 heterocycles. The molecular formula is C9H12ClNO2. The maximum Gasteiger partial charge on any atom is 0.255 e. The molecule has 2 N–H and O–H groups in total. The number of phenolic OH excluding ortho intramolecular Hbond substituents is 1. The van der Waals surface area contributed by atoms with Crippen molar-refractivity contribution in [2.75, 3.05) is 6.54 Å². The van der Waals surface area contributed by atoms with Crippen molar-refractivity contribution in [3.05, 3.63) is 29.8 Å². The summed E-state index contributed by atoms with van der Waals surface area (Å²) >= 11 is 0. The summed E-state index contributed by atoms with van der Waals surface area (Å²) in [6, 6.07) is 6.47. The lowest BCUT2D eigenvalue weighted by Gasteiger charge is -2.02. The lowest BCUT2D eigenvalue weighted by Crippen LogP contribution is -2.22. The summed E-state index contributed by atoms with van der Waals surface area (Å²) in [6.07, 6.45) is 0. The number of amides is 1. The second-order valence-electron chi connectivity index (χ2n) is 2.38. The molecule has 72 valence electrons. The number of aromatic hydroxyl groups is 1. The third-order valence-corrected chi connectivity index (χ3v) is 1.49. The summed E-state index contributed by atoms with van der Waals surface area (Å²) in [5, 5.41) is 11.9. The number of benzene rings is 1. The van der Waals surface area contributed by atoms with Gasteiger partial charge in [0.2, 0.25) is 0 Å². The SMILES string of the molecule is CCNC(=O)c1ccccc1O.Cl. The fourth-order valence-corrected chi connectivity index (χ4v) is 0.921. The quantitative estimate of drug-likeness (QED) is 0.763. The molecule has 4 heteroatoms. The fraction of sp³-hybridized carbons (Fsp3) is 0.222. The summed E-state index contributed by atoms with van der Waals surface area (Å²) in [5.74, 6) is -0.223. The third kappa shape index (κ3) is 2.95. The number of carbonyl (C=O) groups is 1. The third-order valence-electron chi connectivity index (χ3n) is 1.49. The first kappa shape index (κ1) is 11.8. The van der Waals surface area contributed by atoms with E-state index in [1.165, 1.54) is 6.07 Å². The summed E-state index contributed by atoms with van der Waals surface area (Å²) in [4.78, 5) is 11.2. The Bertz CT molecular complexity index is 289. The van der Waals surface area contributed by atoms with Gasteiger partial charge < -0.3 is 10.4 Å². The summed E-state index contributed by atoms with van der Waals surface area (Å²) in [6.45, 7) is 2.39. The average molecular weight is 202 g/mol. The molecule has 13 heavy (non-hydrogen) atoms. The van der Waals surface area contributed by atoms with Gasteiger partial charge in [0.25, 0.3) is 5.91 Å². The molecule has 0 fully saturated rings. The number of hydrogen-bond acceptors (Lipinski definition) is 2. The van der Waals surface area contributed by atoms with Gasteiger partial charge in [0.1, 0.15) is 5.75 Å². The van der Waals surface area contributed by atoms with E-state index in [1.54, 1.807) is 18.2 Å². The number of halogens is 1. The molecule has 1 rings (SSSR count). The van der Waals surface area contributed by atoms with Crippen LogP contribution in [0.5, 0.6) is 5.75 Å². The second kappa shape index (κ2) is 5.43. The minimum Gasteiger partial charge on any atom is -0.507 e. The van der Waals surface area contributed by atoms with Crippen molar-refractivity contribution in [2.45, 2.75) is 6.92 Å². The van der Waals surface area contributed by atoms with Crippen molar-refractivity contribution >= 4 is 18.3 Å². The minimum atomic E-state index is -0.240. The molecule has 1 aromatic carbocycles. The highest BCUT2D eigenvalue weighted by Crippen LogP contribution is 2.14. The molecule has 0 unspecified atom stereocenters. The van der Waals surface area contributed by atoms with Crippen molar-refractivity contribution in [1.82, 2.24) is 5.32 Å². The standard InChI is InChI=1S/C9H11NO2.ClH/c1-2-10-9(12)7-5-3-4-6-8(7)11;/h3-6,11H,2H2,1H3,(H,10,12);1H. The van der Waals surface area contributed by atoms with Crippen LogP contribution >= 0.6 is 12.4 Å². The summed E-state index contributed by atoms with van der Waals surface area (Å²) < 4.78 is 0. The van der Waals surface area contributed by atoms with Crippen LogP contribution in [0.3, 0.4) is 0 Å². The number of phenols is 1. The van der Waals surface area contributed by atoms with Gasteiger partial charge in [0.15, 0.2) is 0 Å². The van der Waals surface area contributed by atoms with Crippen molar-refractivity contribution in [3.8, 4) is 5.75 Å². The van der Waals surface area contributed by atoms with Gasteiger partial charge in [-0.1, -0.05) is 12.1 Å². The Labute approximate surface area is 83.2 Å². The van der Waals surface area contributed by atoms with E-state index >= 15 is 0 Å². The summed E-state index contributed by atoms with van der Waals surface area (Å²) in [5.41, 5.74) is 0.319. The molecule has 0 aromatic heterocycles. The molecule has 0 bridgehead atoms. The van der Waals surface area contributed by atoms with E-state index < -0.39 is 0 Å². The minimum absolute atomic E-state index is 0. The molecule has 0 spiro atoms. The maximum absolute atomic E-state index is 11.2. The van der Waals surface area contributed by atoms with Crippen molar-refractivity contribution < 1.29 is 9.90 Å². The first-order chi connectivity index (χ1) is 5.75. The topological polar surface area (TPSA) is 49.3 Å². The van der Waals surface area contributed by atoms with Crippen LogP contribution in [0.25, 0.3) is 0 Å². The average Bonchev–Trinajstić information content (AvgIpc) is 2.05. The highest BCUT2D eigenvalue weighted by Gasteiger charge is 2.07. The number of nitrogens with one attached hydrogen (secondary N) is 1. The molecule has 0 aliphatic carbocycles. The Balaban J connectivity index is 0.00000144. The zero-order valence-electron chi connectivity index (χ0n) is 7.28. The molecule has 0 aliphatic heterocycles. The van der Waals surface area contributed by atoms with E-state index in [0.717, 1.165) is 0 Å². The van der Waals surface area contributed by atoms with Crippen LogP contribution in [-0.2, 0) is 0 Å². The molecule has 1 amide bonds. The van der Waals surface area contributed by atoms with Crippen LogP contribution in [0.15, 0.2) is 24.3 Å². The molecule has 0 saturated carbocycles. The van der Waals surface area contributed by atoms with E-state index in [9.17, 15) is 9.90 Å². The smallest absolute Gasteiger partial charge is 0.255 e. The Morgan fingerprint density at radius 2 is 2.08 bits per heavy atom. The van der Waals surface area contributed by atoms with Crippen LogP contribution < -0.4 is 5.32 Å². The number of carbonyl (C=O) groups excluding carboxylic acids is 1. The van der Waals surface area contributed by atoms with Gasteiger partial charge in [-0.05, 0) is 19.1 Å². The van der Waals surface area contributed by atoms with Gasteiger partial charge >= 0.3 is 0 Å². The van der Waals surface area contributed by atoms with Crippen LogP contribution in [0.4, 0.5) is 0 Å². The lowest BCUT2D eigenvalue weighted by atomic mass is 10.2. The Morgan fingerprint density at radius 1 is 1.46 bits per heavy atom. The molecule has 0 radical (unpaired) electrons. The first-order valence-electron chi connectivity index (χ1n) is 3.82. The van der Waals surface area contributed by atoms with E-state index in [-0.39, 0.29) is 24.1 Å². The van der Waals surface area contributed by atoms with Gasteiger partial charge in [-0.3, -0.25) is 4.79 Å². The van der Waals surface area contributed by atoms with E-state index in [1.807, 2.05) is 6.92 Å². The molecule has 1 aromatic rings. The molecule has 0 aliphatic rings. The zero-order chi connectivity index (χ0) is 8.97. The van der Waals surface area contributed by atoms with E-state index in [0.29, 0.717) is 12.1 Å². The molecule has 3 nitrogen and oxygen atoms in total. The predicted octanol–water partition coefficient (Wildman–Crippen LogP) is 1.56. The molecular weight excluding hydrogens is 190 g/mol. The van der Waals surface area contributed by atoms with Crippen LogP contribution in [-0.4, -0.2) is 17.6 Å².